The highest BCUT2D eigenvalue weighted by Gasteiger charge is 2.38. The summed E-state index contributed by atoms with van der Waals surface area (Å²) in [5, 5.41) is 11.9. The van der Waals surface area contributed by atoms with Gasteiger partial charge >= 0.3 is 5.97 Å². The highest BCUT2D eigenvalue weighted by atomic mass is 16.4. The molecule has 3 rings (SSSR count). The first-order chi connectivity index (χ1) is 13.4. The van der Waals surface area contributed by atoms with E-state index in [1.807, 2.05) is 22.7 Å². The summed E-state index contributed by atoms with van der Waals surface area (Å²) < 4.78 is 2.00. The van der Waals surface area contributed by atoms with Crippen LogP contribution in [-0.4, -0.2) is 74.0 Å². The van der Waals surface area contributed by atoms with Crippen LogP contribution < -0.4 is 5.32 Å². The molecule has 0 bridgehead atoms. The van der Waals surface area contributed by atoms with Crippen molar-refractivity contribution >= 4 is 17.8 Å². The van der Waals surface area contributed by atoms with Gasteiger partial charge in [0.15, 0.2) is 0 Å². The predicted octanol–water partition coefficient (Wildman–Crippen LogP) is 0.358. The Morgan fingerprint density at radius 1 is 1.21 bits per heavy atom. The molecule has 9 heteroatoms. The fourth-order valence-electron chi connectivity index (χ4n) is 4.03. The van der Waals surface area contributed by atoms with Gasteiger partial charge in [-0.05, 0) is 19.3 Å². The number of carboxylic acids is 1. The van der Waals surface area contributed by atoms with Crippen molar-refractivity contribution in [2.24, 2.45) is 7.05 Å². The average Bonchev–Trinajstić information content (AvgIpc) is 3.25. The topological polar surface area (TPSA) is 108 Å². The SMILES string of the molecule is Cn1ccnc1CN1CCN(C(=O)CCC2(CCC(=O)O)CCC(=O)N2)CC1. The normalized spacial score (nSPS) is 23.0. The predicted molar refractivity (Wildman–Crippen MR) is 101 cm³/mol. The molecule has 2 N–H and O–H groups in total. The summed E-state index contributed by atoms with van der Waals surface area (Å²) in [6, 6.07) is 0. The van der Waals surface area contributed by atoms with E-state index < -0.39 is 11.5 Å². The van der Waals surface area contributed by atoms with E-state index in [0.29, 0.717) is 45.2 Å². The van der Waals surface area contributed by atoms with Crippen LogP contribution in [0.25, 0.3) is 0 Å². The zero-order valence-corrected chi connectivity index (χ0v) is 16.4. The summed E-state index contributed by atoms with van der Waals surface area (Å²) in [4.78, 5) is 43.8. The van der Waals surface area contributed by atoms with Crippen molar-refractivity contribution in [3.05, 3.63) is 18.2 Å². The Bertz CT molecular complexity index is 726. The van der Waals surface area contributed by atoms with Gasteiger partial charge in [0, 0.05) is 70.4 Å². The number of aliphatic carboxylic acids is 1. The lowest BCUT2D eigenvalue weighted by Crippen LogP contribution is -2.49. The third-order valence-electron chi connectivity index (χ3n) is 5.88. The number of aromatic nitrogens is 2. The molecule has 0 spiro atoms. The average molecular weight is 391 g/mol. The van der Waals surface area contributed by atoms with Crippen LogP contribution in [0.4, 0.5) is 0 Å². The van der Waals surface area contributed by atoms with Crippen LogP contribution in [0.15, 0.2) is 12.4 Å². The quantitative estimate of drug-likeness (QED) is 0.662. The first-order valence-corrected chi connectivity index (χ1v) is 9.86. The summed E-state index contributed by atoms with van der Waals surface area (Å²) >= 11 is 0. The van der Waals surface area contributed by atoms with Gasteiger partial charge in [-0.25, -0.2) is 4.98 Å². The molecule has 3 heterocycles. The molecule has 2 saturated heterocycles. The van der Waals surface area contributed by atoms with Crippen molar-refractivity contribution in [2.75, 3.05) is 26.2 Å². The number of nitrogens with one attached hydrogen (secondary N) is 1. The van der Waals surface area contributed by atoms with Gasteiger partial charge in [0.05, 0.1) is 6.54 Å². The number of hydrogen-bond acceptors (Lipinski definition) is 5. The maximum absolute atomic E-state index is 12.7. The minimum atomic E-state index is -0.879. The van der Waals surface area contributed by atoms with Crippen LogP contribution in [-0.2, 0) is 28.0 Å². The van der Waals surface area contributed by atoms with Crippen LogP contribution in [0, 0.1) is 0 Å². The molecule has 1 unspecified atom stereocenters. The molecule has 2 aliphatic rings. The van der Waals surface area contributed by atoms with E-state index in [1.165, 1.54) is 0 Å². The van der Waals surface area contributed by atoms with Gasteiger partial charge in [-0.2, -0.15) is 0 Å². The van der Waals surface area contributed by atoms with Crippen LogP contribution in [0.3, 0.4) is 0 Å². The number of imidazole rings is 1. The number of aryl methyl sites for hydroxylation is 1. The monoisotopic (exact) mass is 391 g/mol. The number of rotatable bonds is 8. The van der Waals surface area contributed by atoms with Crippen molar-refractivity contribution in [1.29, 1.82) is 0 Å². The van der Waals surface area contributed by atoms with Gasteiger partial charge in [-0.15, -0.1) is 0 Å². The summed E-state index contributed by atoms with van der Waals surface area (Å²) in [7, 11) is 1.98. The fourth-order valence-corrected chi connectivity index (χ4v) is 4.03. The van der Waals surface area contributed by atoms with Crippen LogP contribution in [0.1, 0.15) is 44.3 Å². The first-order valence-electron chi connectivity index (χ1n) is 9.86. The second-order valence-electron chi connectivity index (χ2n) is 7.83. The molecule has 2 amide bonds. The highest BCUT2D eigenvalue weighted by Crippen LogP contribution is 2.30. The second-order valence-corrected chi connectivity index (χ2v) is 7.83. The maximum Gasteiger partial charge on any atom is 0.303 e. The fraction of sp³-hybridized carbons (Fsp3) is 0.684. The van der Waals surface area contributed by atoms with E-state index >= 15 is 0 Å². The molecule has 1 atom stereocenters. The smallest absolute Gasteiger partial charge is 0.303 e. The van der Waals surface area contributed by atoms with E-state index in [0.717, 1.165) is 25.5 Å². The molecule has 2 fully saturated rings. The van der Waals surface area contributed by atoms with Gasteiger partial charge in [0.2, 0.25) is 11.8 Å². The molecule has 28 heavy (non-hydrogen) atoms. The van der Waals surface area contributed by atoms with Gasteiger partial charge in [-0.3, -0.25) is 19.3 Å². The number of nitrogens with zero attached hydrogens (tertiary/aromatic N) is 4. The number of piperazine rings is 1. The zero-order chi connectivity index (χ0) is 20.1. The van der Waals surface area contributed by atoms with Gasteiger partial charge in [0.25, 0.3) is 0 Å². The highest BCUT2D eigenvalue weighted by molar-refractivity contribution is 5.80. The minimum Gasteiger partial charge on any atom is -0.481 e. The molecule has 0 radical (unpaired) electrons. The van der Waals surface area contributed by atoms with Gasteiger partial charge < -0.3 is 19.9 Å². The number of carbonyl (C=O) groups is 3. The second kappa shape index (κ2) is 8.72. The number of hydrogen-bond donors (Lipinski definition) is 2. The molecule has 1 aromatic rings. The molecule has 154 valence electrons. The summed E-state index contributed by atoms with van der Waals surface area (Å²) in [6.07, 6.45) is 5.93. The lowest BCUT2D eigenvalue weighted by Gasteiger charge is -2.35. The molecule has 0 aromatic carbocycles. The van der Waals surface area contributed by atoms with Gasteiger partial charge in [0.1, 0.15) is 5.82 Å². The number of carbonyl (C=O) groups excluding carboxylic acids is 2. The Kier molecular flexibility index (Phi) is 6.33. The standard InChI is InChI=1S/C19H29N5O4/c1-22-9-8-20-15(22)14-23-10-12-24(13-11-23)17(26)3-6-19(7-4-18(27)28)5-2-16(25)21-19/h8-9H,2-7,10-14H2,1H3,(H,21,25)(H,27,28). The van der Waals surface area contributed by atoms with E-state index in [2.05, 4.69) is 15.2 Å². The van der Waals surface area contributed by atoms with Crippen molar-refractivity contribution in [3.63, 3.8) is 0 Å². The molecular formula is C19H29N5O4. The van der Waals surface area contributed by atoms with Crippen molar-refractivity contribution in [2.45, 2.75) is 50.6 Å². The first kappa shape index (κ1) is 20.3. The summed E-state index contributed by atoms with van der Waals surface area (Å²) in [5.74, 6) is 0.154. The molecule has 2 aliphatic heterocycles. The molecule has 0 saturated carbocycles. The molecule has 1 aromatic heterocycles. The van der Waals surface area contributed by atoms with Crippen molar-refractivity contribution in [1.82, 2.24) is 24.7 Å². The van der Waals surface area contributed by atoms with E-state index in [9.17, 15) is 14.4 Å². The zero-order valence-electron chi connectivity index (χ0n) is 16.4. The van der Waals surface area contributed by atoms with Gasteiger partial charge in [-0.1, -0.05) is 0 Å². The Hall–Kier alpha value is -2.42. The number of carboxylic acid groups (broad SMARTS) is 1. The lowest BCUT2D eigenvalue weighted by atomic mass is 9.86. The summed E-state index contributed by atoms with van der Waals surface area (Å²) in [6.45, 7) is 3.74. The third kappa shape index (κ3) is 5.09. The van der Waals surface area contributed by atoms with E-state index in [-0.39, 0.29) is 18.2 Å². The summed E-state index contributed by atoms with van der Waals surface area (Å²) in [5.41, 5.74) is -0.550. The van der Waals surface area contributed by atoms with E-state index in [1.54, 1.807) is 6.20 Å². The largest absolute Gasteiger partial charge is 0.481 e. The van der Waals surface area contributed by atoms with Crippen LogP contribution in [0.5, 0.6) is 0 Å². The van der Waals surface area contributed by atoms with Crippen molar-refractivity contribution in [3.8, 4) is 0 Å². The minimum absolute atomic E-state index is 0.000332. The number of amides is 2. The van der Waals surface area contributed by atoms with E-state index in [4.69, 9.17) is 5.11 Å². The Morgan fingerprint density at radius 3 is 2.50 bits per heavy atom. The Morgan fingerprint density at radius 2 is 1.93 bits per heavy atom. The van der Waals surface area contributed by atoms with Crippen molar-refractivity contribution < 1.29 is 19.5 Å². The molecule has 9 nitrogen and oxygen atoms in total. The van der Waals surface area contributed by atoms with Crippen LogP contribution in [0.2, 0.25) is 0 Å². The maximum atomic E-state index is 12.7. The Labute approximate surface area is 164 Å². The molecule has 0 aliphatic carbocycles. The molecular weight excluding hydrogens is 362 g/mol. The third-order valence-corrected chi connectivity index (χ3v) is 5.88. The lowest BCUT2D eigenvalue weighted by molar-refractivity contribution is -0.137. The van der Waals surface area contributed by atoms with Crippen LogP contribution >= 0.6 is 0 Å². The Balaban J connectivity index is 1.46.